The Morgan fingerprint density at radius 3 is 2.81 bits per heavy atom. The molecule has 6 heteroatoms. The van der Waals surface area contributed by atoms with E-state index in [0.717, 1.165) is 55.2 Å². The van der Waals surface area contributed by atoms with Gasteiger partial charge in [0, 0.05) is 20.5 Å². The maximum atomic E-state index is 5.92. The molecule has 21 heavy (non-hydrogen) atoms. The standard InChI is InChI=1S/C15H23N5O/c1-20(2)14-4-3-12-15(19-14)18-13(17-12)7-10-21-11-5-8-16-9-6-11/h3-4,11,16H,5-10H2,1-2H3,(H,17,18,19). The number of piperidine rings is 1. The summed E-state index contributed by atoms with van der Waals surface area (Å²) in [4.78, 5) is 14.4. The number of rotatable bonds is 5. The van der Waals surface area contributed by atoms with E-state index in [2.05, 4.69) is 20.3 Å². The normalized spacial score (nSPS) is 16.5. The number of anilines is 1. The summed E-state index contributed by atoms with van der Waals surface area (Å²) < 4.78 is 5.92. The van der Waals surface area contributed by atoms with E-state index in [9.17, 15) is 0 Å². The van der Waals surface area contributed by atoms with Crippen molar-refractivity contribution in [3.05, 3.63) is 18.0 Å². The third-order valence-electron chi connectivity index (χ3n) is 3.82. The Balaban J connectivity index is 1.59. The molecule has 1 saturated heterocycles. The van der Waals surface area contributed by atoms with Gasteiger partial charge in [-0.3, -0.25) is 0 Å². The summed E-state index contributed by atoms with van der Waals surface area (Å²) in [6.07, 6.45) is 3.41. The number of pyridine rings is 1. The van der Waals surface area contributed by atoms with Gasteiger partial charge in [-0.2, -0.15) is 0 Å². The number of aromatic nitrogens is 3. The van der Waals surface area contributed by atoms with Crippen molar-refractivity contribution in [2.75, 3.05) is 38.7 Å². The zero-order chi connectivity index (χ0) is 14.7. The smallest absolute Gasteiger partial charge is 0.179 e. The number of hydrogen-bond acceptors (Lipinski definition) is 5. The van der Waals surface area contributed by atoms with Crippen molar-refractivity contribution in [2.45, 2.75) is 25.4 Å². The van der Waals surface area contributed by atoms with Crippen LogP contribution in [0, 0.1) is 0 Å². The summed E-state index contributed by atoms with van der Waals surface area (Å²) in [5.41, 5.74) is 1.76. The third kappa shape index (κ3) is 3.51. The van der Waals surface area contributed by atoms with E-state index in [4.69, 9.17) is 4.74 Å². The minimum atomic E-state index is 0.397. The van der Waals surface area contributed by atoms with E-state index in [1.165, 1.54) is 0 Å². The summed E-state index contributed by atoms with van der Waals surface area (Å²) in [5.74, 6) is 1.87. The second-order valence-electron chi connectivity index (χ2n) is 5.69. The number of ether oxygens (including phenoxy) is 1. The highest BCUT2D eigenvalue weighted by Crippen LogP contribution is 2.15. The Kier molecular flexibility index (Phi) is 4.36. The first kappa shape index (κ1) is 14.3. The average Bonchev–Trinajstić information content (AvgIpc) is 2.90. The highest BCUT2D eigenvalue weighted by atomic mass is 16.5. The number of aromatic amines is 1. The molecule has 3 heterocycles. The Labute approximate surface area is 124 Å². The van der Waals surface area contributed by atoms with Crippen LogP contribution in [0.5, 0.6) is 0 Å². The second kappa shape index (κ2) is 6.41. The highest BCUT2D eigenvalue weighted by molar-refractivity contribution is 5.73. The van der Waals surface area contributed by atoms with Crippen molar-refractivity contribution in [3.8, 4) is 0 Å². The molecular weight excluding hydrogens is 266 g/mol. The summed E-state index contributed by atoms with van der Waals surface area (Å²) in [6.45, 7) is 2.84. The lowest BCUT2D eigenvalue weighted by atomic mass is 10.1. The van der Waals surface area contributed by atoms with Crippen LogP contribution < -0.4 is 10.2 Å². The van der Waals surface area contributed by atoms with E-state index in [1.54, 1.807) is 0 Å². The van der Waals surface area contributed by atoms with Gasteiger partial charge in [-0.15, -0.1) is 0 Å². The fraction of sp³-hybridized carbons (Fsp3) is 0.600. The first-order valence-electron chi connectivity index (χ1n) is 7.57. The van der Waals surface area contributed by atoms with Gasteiger partial charge in [0.15, 0.2) is 5.65 Å². The molecule has 3 rings (SSSR count). The maximum Gasteiger partial charge on any atom is 0.179 e. The molecule has 2 aromatic rings. The lowest BCUT2D eigenvalue weighted by molar-refractivity contribution is 0.0343. The second-order valence-corrected chi connectivity index (χ2v) is 5.69. The Hall–Kier alpha value is -1.66. The van der Waals surface area contributed by atoms with Crippen LogP contribution in [0.25, 0.3) is 11.2 Å². The third-order valence-corrected chi connectivity index (χ3v) is 3.82. The summed E-state index contributed by atoms with van der Waals surface area (Å²) in [5, 5.41) is 3.34. The summed E-state index contributed by atoms with van der Waals surface area (Å²) in [7, 11) is 3.96. The predicted octanol–water partition coefficient (Wildman–Crippen LogP) is 1.33. The van der Waals surface area contributed by atoms with Crippen molar-refractivity contribution in [1.82, 2.24) is 20.3 Å². The van der Waals surface area contributed by atoms with Gasteiger partial charge in [0.1, 0.15) is 11.6 Å². The largest absolute Gasteiger partial charge is 0.378 e. The van der Waals surface area contributed by atoms with Crippen molar-refractivity contribution >= 4 is 17.0 Å². The SMILES string of the molecule is CN(C)c1ccc2[nH]c(CCOC3CCNCC3)nc2n1. The molecular formula is C15H23N5O. The van der Waals surface area contributed by atoms with Crippen molar-refractivity contribution in [2.24, 2.45) is 0 Å². The minimum absolute atomic E-state index is 0.397. The quantitative estimate of drug-likeness (QED) is 0.869. The zero-order valence-electron chi connectivity index (χ0n) is 12.7. The number of nitrogens with one attached hydrogen (secondary N) is 2. The molecule has 0 aromatic carbocycles. The fourth-order valence-electron chi connectivity index (χ4n) is 2.58. The molecule has 6 nitrogen and oxygen atoms in total. The number of fused-ring (bicyclic) bond motifs is 1. The van der Waals surface area contributed by atoms with Crippen molar-refractivity contribution in [1.29, 1.82) is 0 Å². The Bertz CT molecular complexity index is 589. The molecule has 0 aliphatic carbocycles. The van der Waals surface area contributed by atoms with Crippen LogP contribution in [0.2, 0.25) is 0 Å². The number of imidazole rings is 1. The van der Waals surface area contributed by atoms with E-state index in [1.807, 2.05) is 31.1 Å². The van der Waals surface area contributed by atoms with Crippen molar-refractivity contribution < 1.29 is 4.74 Å². The van der Waals surface area contributed by atoms with Crippen LogP contribution in [-0.2, 0) is 11.2 Å². The zero-order valence-corrected chi connectivity index (χ0v) is 12.7. The number of hydrogen-bond donors (Lipinski definition) is 2. The van der Waals surface area contributed by atoms with Crippen LogP contribution in [-0.4, -0.2) is 54.8 Å². The molecule has 114 valence electrons. The number of nitrogens with zero attached hydrogens (tertiary/aromatic N) is 3. The Morgan fingerprint density at radius 1 is 1.24 bits per heavy atom. The average molecular weight is 289 g/mol. The first-order valence-corrected chi connectivity index (χ1v) is 7.57. The molecule has 0 saturated carbocycles. The lowest BCUT2D eigenvalue weighted by Crippen LogP contribution is -2.32. The van der Waals surface area contributed by atoms with Crippen LogP contribution in [0.15, 0.2) is 12.1 Å². The van der Waals surface area contributed by atoms with Crippen LogP contribution >= 0.6 is 0 Å². The van der Waals surface area contributed by atoms with Gasteiger partial charge in [-0.1, -0.05) is 0 Å². The molecule has 0 spiro atoms. The van der Waals surface area contributed by atoms with E-state index in [0.29, 0.717) is 12.7 Å². The molecule has 2 aromatic heterocycles. The fourth-order valence-corrected chi connectivity index (χ4v) is 2.58. The van der Waals surface area contributed by atoms with Gasteiger partial charge in [-0.05, 0) is 38.1 Å². The van der Waals surface area contributed by atoms with Gasteiger partial charge < -0.3 is 19.9 Å². The monoisotopic (exact) mass is 289 g/mol. The molecule has 1 aliphatic heterocycles. The van der Waals surface area contributed by atoms with Gasteiger partial charge in [0.25, 0.3) is 0 Å². The minimum Gasteiger partial charge on any atom is -0.378 e. The van der Waals surface area contributed by atoms with Gasteiger partial charge >= 0.3 is 0 Å². The lowest BCUT2D eigenvalue weighted by Gasteiger charge is -2.22. The molecule has 0 bridgehead atoms. The van der Waals surface area contributed by atoms with Gasteiger partial charge in [-0.25, -0.2) is 9.97 Å². The first-order chi connectivity index (χ1) is 10.2. The summed E-state index contributed by atoms with van der Waals surface area (Å²) >= 11 is 0. The van der Waals surface area contributed by atoms with Gasteiger partial charge in [0.05, 0.1) is 18.2 Å². The molecule has 1 fully saturated rings. The predicted molar refractivity (Wildman–Crippen MR) is 83.8 cm³/mol. The molecule has 1 aliphatic rings. The number of H-pyrrole nitrogens is 1. The van der Waals surface area contributed by atoms with E-state index < -0.39 is 0 Å². The highest BCUT2D eigenvalue weighted by Gasteiger charge is 2.13. The molecule has 0 unspecified atom stereocenters. The van der Waals surface area contributed by atoms with E-state index >= 15 is 0 Å². The van der Waals surface area contributed by atoms with Crippen LogP contribution in [0.1, 0.15) is 18.7 Å². The molecule has 0 amide bonds. The van der Waals surface area contributed by atoms with Crippen LogP contribution in [0.3, 0.4) is 0 Å². The Morgan fingerprint density at radius 2 is 2.05 bits per heavy atom. The van der Waals surface area contributed by atoms with Crippen LogP contribution in [0.4, 0.5) is 5.82 Å². The molecule has 0 radical (unpaired) electrons. The summed E-state index contributed by atoms with van der Waals surface area (Å²) in [6, 6.07) is 4.03. The van der Waals surface area contributed by atoms with E-state index in [-0.39, 0.29) is 0 Å². The van der Waals surface area contributed by atoms with Gasteiger partial charge in [0.2, 0.25) is 0 Å². The molecule has 2 N–H and O–H groups in total. The topological polar surface area (TPSA) is 66.1 Å². The maximum absolute atomic E-state index is 5.92. The molecule has 0 atom stereocenters. The van der Waals surface area contributed by atoms with Crippen molar-refractivity contribution in [3.63, 3.8) is 0 Å².